The van der Waals surface area contributed by atoms with Crippen LogP contribution in [-0.4, -0.2) is 15.0 Å². The van der Waals surface area contributed by atoms with Crippen LogP contribution in [0.2, 0.25) is 0 Å². The number of aryl methyl sites for hydroxylation is 1. The number of furan rings is 1. The lowest BCUT2D eigenvalue weighted by molar-refractivity contribution is 0.498. The van der Waals surface area contributed by atoms with Crippen molar-refractivity contribution in [1.82, 2.24) is 10.0 Å². The van der Waals surface area contributed by atoms with Crippen molar-refractivity contribution in [2.24, 2.45) is 0 Å². The predicted molar refractivity (Wildman–Crippen MR) is 79.2 cm³/mol. The summed E-state index contributed by atoms with van der Waals surface area (Å²) in [5.41, 5.74) is 0.773. The molecule has 2 aromatic rings. The number of thiophene rings is 1. The average Bonchev–Trinajstić information content (AvgIpc) is 3.03. The summed E-state index contributed by atoms with van der Waals surface area (Å²) in [5, 5.41) is 5.03. The molecule has 0 spiro atoms. The third-order valence-electron chi connectivity index (χ3n) is 2.81. The summed E-state index contributed by atoms with van der Waals surface area (Å²) >= 11 is 1.46. The van der Waals surface area contributed by atoms with Gasteiger partial charge in [-0.1, -0.05) is 6.92 Å². The number of nitrogens with one attached hydrogen (secondary N) is 2. The van der Waals surface area contributed by atoms with Crippen LogP contribution >= 0.6 is 11.3 Å². The zero-order valence-electron chi connectivity index (χ0n) is 11.5. The van der Waals surface area contributed by atoms with Gasteiger partial charge in [0.1, 0.15) is 10.7 Å². The van der Waals surface area contributed by atoms with Crippen molar-refractivity contribution in [2.75, 3.05) is 6.54 Å². The SMILES string of the molecule is CCNCc1scc(C)c1S(=O)(=O)NCc1ccco1. The number of hydrogen-bond acceptors (Lipinski definition) is 5. The van der Waals surface area contributed by atoms with Crippen LogP contribution in [0, 0.1) is 6.92 Å². The molecular weight excluding hydrogens is 296 g/mol. The van der Waals surface area contributed by atoms with E-state index in [1.807, 2.05) is 19.2 Å². The average molecular weight is 314 g/mol. The zero-order chi connectivity index (χ0) is 14.6. The molecule has 0 aliphatic carbocycles. The normalized spacial score (nSPS) is 11.9. The molecule has 0 aromatic carbocycles. The van der Waals surface area contributed by atoms with E-state index in [1.165, 1.54) is 17.6 Å². The molecule has 20 heavy (non-hydrogen) atoms. The first-order valence-corrected chi connectivity index (χ1v) is 8.70. The molecule has 0 saturated carbocycles. The van der Waals surface area contributed by atoms with E-state index in [1.54, 1.807) is 12.1 Å². The summed E-state index contributed by atoms with van der Waals surface area (Å²) in [6, 6.07) is 3.47. The molecule has 0 bridgehead atoms. The van der Waals surface area contributed by atoms with E-state index in [0.29, 0.717) is 17.2 Å². The molecule has 7 heteroatoms. The van der Waals surface area contributed by atoms with Crippen molar-refractivity contribution in [3.05, 3.63) is 40.0 Å². The van der Waals surface area contributed by atoms with Gasteiger partial charge in [-0.2, -0.15) is 0 Å². The lowest BCUT2D eigenvalue weighted by atomic mass is 10.3. The maximum absolute atomic E-state index is 12.4. The van der Waals surface area contributed by atoms with Gasteiger partial charge in [-0.05, 0) is 36.5 Å². The Labute approximate surface area is 123 Å². The summed E-state index contributed by atoms with van der Waals surface area (Å²) in [6.45, 7) is 5.32. The molecule has 2 aromatic heterocycles. The van der Waals surface area contributed by atoms with Crippen LogP contribution in [0.3, 0.4) is 0 Å². The van der Waals surface area contributed by atoms with Gasteiger partial charge in [0, 0.05) is 11.4 Å². The number of rotatable bonds is 7. The molecular formula is C13H18N2O3S2. The highest BCUT2D eigenvalue weighted by Crippen LogP contribution is 2.26. The summed E-state index contributed by atoms with van der Waals surface area (Å²) in [5.74, 6) is 0.592. The van der Waals surface area contributed by atoms with Crippen molar-refractivity contribution < 1.29 is 12.8 Å². The fourth-order valence-electron chi connectivity index (χ4n) is 1.86. The molecule has 0 amide bonds. The van der Waals surface area contributed by atoms with Crippen LogP contribution in [0.25, 0.3) is 0 Å². The second kappa shape index (κ2) is 6.53. The van der Waals surface area contributed by atoms with Crippen molar-refractivity contribution >= 4 is 21.4 Å². The van der Waals surface area contributed by atoms with E-state index in [2.05, 4.69) is 10.0 Å². The standard InChI is InChI=1S/C13H18N2O3S2/c1-3-14-8-12-13(10(2)9-19-12)20(16,17)15-7-11-5-4-6-18-11/h4-6,9,14-15H,3,7-8H2,1-2H3. The van der Waals surface area contributed by atoms with Crippen LogP contribution < -0.4 is 10.0 Å². The molecule has 0 radical (unpaired) electrons. The Morgan fingerprint density at radius 1 is 1.35 bits per heavy atom. The Hall–Kier alpha value is -1.15. The smallest absolute Gasteiger partial charge is 0.242 e. The maximum atomic E-state index is 12.4. The highest BCUT2D eigenvalue weighted by molar-refractivity contribution is 7.89. The second-order valence-corrected chi connectivity index (χ2v) is 7.02. The van der Waals surface area contributed by atoms with E-state index in [9.17, 15) is 8.42 Å². The van der Waals surface area contributed by atoms with Gasteiger partial charge in [-0.15, -0.1) is 11.3 Å². The molecule has 110 valence electrons. The largest absolute Gasteiger partial charge is 0.468 e. The lowest BCUT2D eigenvalue weighted by Crippen LogP contribution is -2.25. The third-order valence-corrected chi connectivity index (χ3v) is 5.67. The molecule has 0 atom stereocenters. The summed E-state index contributed by atoms with van der Waals surface area (Å²) < 4.78 is 32.6. The summed E-state index contributed by atoms with van der Waals surface area (Å²) in [7, 11) is -3.52. The van der Waals surface area contributed by atoms with Crippen LogP contribution in [0.15, 0.2) is 33.1 Å². The molecule has 0 aliphatic rings. The van der Waals surface area contributed by atoms with Crippen LogP contribution in [0.5, 0.6) is 0 Å². The van der Waals surface area contributed by atoms with Gasteiger partial charge in [0.25, 0.3) is 0 Å². The van der Waals surface area contributed by atoms with E-state index in [4.69, 9.17) is 4.42 Å². The molecule has 0 aliphatic heterocycles. The molecule has 5 nitrogen and oxygen atoms in total. The first kappa shape index (κ1) is 15.2. The van der Waals surface area contributed by atoms with Gasteiger partial charge in [-0.3, -0.25) is 0 Å². The van der Waals surface area contributed by atoms with E-state index >= 15 is 0 Å². The topological polar surface area (TPSA) is 71.3 Å². The Balaban J connectivity index is 2.18. The Kier molecular flexibility index (Phi) is 4.98. The van der Waals surface area contributed by atoms with Gasteiger partial charge < -0.3 is 9.73 Å². The van der Waals surface area contributed by atoms with E-state index in [-0.39, 0.29) is 6.54 Å². The Morgan fingerprint density at radius 3 is 2.80 bits per heavy atom. The highest BCUT2D eigenvalue weighted by Gasteiger charge is 2.22. The minimum atomic E-state index is -3.52. The van der Waals surface area contributed by atoms with Crippen molar-refractivity contribution in [1.29, 1.82) is 0 Å². The van der Waals surface area contributed by atoms with Crippen molar-refractivity contribution in [2.45, 2.75) is 31.8 Å². The fourth-order valence-corrected chi connectivity index (χ4v) is 4.63. The van der Waals surface area contributed by atoms with Gasteiger partial charge >= 0.3 is 0 Å². The van der Waals surface area contributed by atoms with E-state index < -0.39 is 10.0 Å². The Bertz CT molecular complexity index is 645. The van der Waals surface area contributed by atoms with Crippen molar-refractivity contribution in [3.63, 3.8) is 0 Å². The number of sulfonamides is 1. The number of hydrogen-bond donors (Lipinski definition) is 2. The third kappa shape index (κ3) is 3.49. The molecule has 2 heterocycles. The lowest BCUT2D eigenvalue weighted by Gasteiger charge is -2.08. The van der Waals surface area contributed by atoms with E-state index in [0.717, 1.165) is 17.0 Å². The first-order valence-electron chi connectivity index (χ1n) is 6.34. The monoisotopic (exact) mass is 314 g/mol. The fraction of sp³-hybridized carbons (Fsp3) is 0.385. The van der Waals surface area contributed by atoms with Crippen LogP contribution in [-0.2, 0) is 23.1 Å². The maximum Gasteiger partial charge on any atom is 0.242 e. The van der Waals surface area contributed by atoms with Gasteiger partial charge in [0.2, 0.25) is 10.0 Å². The minimum absolute atomic E-state index is 0.158. The first-order chi connectivity index (χ1) is 9.54. The van der Waals surface area contributed by atoms with Gasteiger partial charge in [0.05, 0.1) is 12.8 Å². The quantitative estimate of drug-likeness (QED) is 0.822. The zero-order valence-corrected chi connectivity index (χ0v) is 13.1. The highest BCUT2D eigenvalue weighted by atomic mass is 32.2. The Morgan fingerprint density at radius 2 is 2.15 bits per heavy atom. The van der Waals surface area contributed by atoms with Crippen LogP contribution in [0.1, 0.15) is 23.1 Å². The summed E-state index contributed by atoms with van der Waals surface area (Å²) in [6.07, 6.45) is 1.52. The van der Waals surface area contributed by atoms with Gasteiger partial charge in [0.15, 0.2) is 0 Å². The molecule has 0 fully saturated rings. The summed E-state index contributed by atoms with van der Waals surface area (Å²) in [4.78, 5) is 1.21. The molecule has 2 N–H and O–H groups in total. The molecule has 0 saturated heterocycles. The minimum Gasteiger partial charge on any atom is -0.468 e. The van der Waals surface area contributed by atoms with Crippen LogP contribution in [0.4, 0.5) is 0 Å². The van der Waals surface area contributed by atoms with Crippen molar-refractivity contribution in [3.8, 4) is 0 Å². The molecule has 0 unspecified atom stereocenters. The van der Waals surface area contributed by atoms with Gasteiger partial charge in [-0.25, -0.2) is 13.1 Å². The predicted octanol–water partition coefficient (Wildman–Crippen LogP) is 2.24. The second-order valence-electron chi connectivity index (χ2n) is 4.36. The molecule has 2 rings (SSSR count).